The third-order valence-corrected chi connectivity index (χ3v) is 2.22. The molecule has 2 N–H and O–H groups in total. The Morgan fingerprint density at radius 2 is 2.31 bits per heavy atom. The monoisotopic (exact) mass is 212 g/mol. The molecule has 0 unspecified atom stereocenters. The van der Waals surface area contributed by atoms with E-state index in [-0.39, 0.29) is 0 Å². The highest BCUT2D eigenvalue weighted by Crippen LogP contribution is 2.18. The molecule has 2 aromatic rings. The quantitative estimate of drug-likeness (QED) is 0.773. The summed E-state index contributed by atoms with van der Waals surface area (Å²) in [6.45, 7) is 0.871. The van der Waals surface area contributed by atoms with Crippen LogP contribution in [0.3, 0.4) is 0 Å². The number of pyridine rings is 1. The summed E-state index contributed by atoms with van der Waals surface area (Å²) in [6, 6.07) is 5.69. The van der Waals surface area contributed by atoms with Gasteiger partial charge >= 0.3 is 0 Å². The molecule has 80 valence electrons. The summed E-state index contributed by atoms with van der Waals surface area (Å²) >= 11 is 0. The lowest BCUT2D eigenvalue weighted by molar-refractivity contribution is 0.716. The largest absolute Gasteiger partial charge is 0.326 e. The van der Waals surface area contributed by atoms with Gasteiger partial charge in [-0.2, -0.15) is 5.10 Å². The second-order valence-electron chi connectivity index (χ2n) is 3.32. The molecule has 2 heterocycles. The molecule has 0 aliphatic rings. The molecule has 0 bridgehead atoms. The highest BCUT2D eigenvalue weighted by Gasteiger charge is 2.09. The molecule has 2 aromatic heterocycles. The van der Waals surface area contributed by atoms with E-state index >= 15 is 0 Å². The van der Waals surface area contributed by atoms with Crippen molar-refractivity contribution < 1.29 is 0 Å². The average molecular weight is 212 g/mol. The van der Waals surface area contributed by atoms with Gasteiger partial charge in [0.25, 0.3) is 0 Å². The number of rotatable bonds is 3. The Morgan fingerprint density at radius 3 is 2.94 bits per heavy atom. The third kappa shape index (κ3) is 1.95. The lowest BCUT2D eigenvalue weighted by atomic mass is 10.2. The number of terminal acetylenes is 1. The van der Waals surface area contributed by atoms with Crippen molar-refractivity contribution in [1.82, 2.24) is 14.8 Å². The maximum absolute atomic E-state index is 5.66. The molecule has 0 aliphatic heterocycles. The first kappa shape index (κ1) is 10.4. The van der Waals surface area contributed by atoms with Crippen molar-refractivity contribution in [3.8, 4) is 23.7 Å². The van der Waals surface area contributed by atoms with Gasteiger partial charge in [-0.05, 0) is 12.1 Å². The second-order valence-corrected chi connectivity index (χ2v) is 3.32. The second kappa shape index (κ2) is 4.60. The number of nitrogens with zero attached hydrogens (tertiary/aromatic N) is 3. The van der Waals surface area contributed by atoms with Crippen molar-refractivity contribution in [2.75, 3.05) is 0 Å². The molecule has 16 heavy (non-hydrogen) atoms. The number of hydrogen-bond donors (Lipinski definition) is 1. The molecule has 0 saturated heterocycles. The first-order valence-corrected chi connectivity index (χ1v) is 4.96. The van der Waals surface area contributed by atoms with E-state index in [9.17, 15) is 0 Å². The standard InChI is InChI=1S/C12H12N4/c1-2-7-16-9-10(8-13)12(15-16)11-5-3-4-6-14-11/h1,3-6,9H,7-8,13H2. The molecule has 0 aliphatic carbocycles. The van der Waals surface area contributed by atoms with Crippen LogP contribution >= 0.6 is 0 Å². The van der Waals surface area contributed by atoms with Gasteiger partial charge in [0.15, 0.2) is 0 Å². The van der Waals surface area contributed by atoms with Crippen molar-refractivity contribution in [2.45, 2.75) is 13.1 Å². The van der Waals surface area contributed by atoms with Crippen molar-refractivity contribution in [1.29, 1.82) is 0 Å². The highest BCUT2D eigenvalue weighted by molar-refractivity contribution is 5.57. The van der Waals surface area contributed by atoms with Crippen LogP contribution in [0.15, 0.2) is 30.6 Å². The van der Waals surface area contributed by atoms with Crippen LogP contribution in [0.2, 0.25) is 0 Å². The van der Waals surface area contributed by atoms with Crippen molar-refractivity contribution in [3.63, 3.8) is 0 Å². The molecule has 0 spiro atoms. The highest BCUT2D eigenvalue weighted by atomic mass is 15.3. The minimum absolute atomic E-state index is 0.427. The number of hydrogen-bond acceptors (Lipinski definition) is 3. The summed E-state index contributed by atoms with van der Waals surface area (Å²) in [5.74, 6) is 2.54. The Bertz CT molecular complexity index is 508. The van der Waals surface area contributed by atoms with Gasteiger partial charge in [0.05, 0.1) is 5.69 Å². The minimum Gasteiger partial charge on any atom is -0.326 e. The van der Waals surface area contributed by atoms with Crippen LogP contribution in [0.4, 0.5) is 0 Å². The van der Waals surface area contributed by atoms with Gasteiger partial charge in [0.2, 0.25) is 0 Å². The van der Waals surface area contributed by atoms with Crippen LogP contribution in [-0.4, -0.2) is 14.8 Å². The molecule has 0 aromatic carbocycles. The SMILES string of the molecule is C#CCn1cc(CN)c(-c2ccccn2)n1. The lowest BCUT2D eigenvalue weighted by Gasteiger charge is -1.97. The number of nitrogens with two attached hydrogens (primary N) is 1. The van der Waals surface area contributed by atoms with Gasteiger partial charge in [-0.3, -0.25) is 9.67 Å². The fourth-order valence-corrected chi connectivity index (χ4v) is 1.51. The Labute approximate surface area is 94.1 Å². The summed E-state index contributed by atoms with van der Waals surface area (Å²) in [5, 5.41) is 4.37. The molecule has 0 amide bonds. The van der Waals surface area contributed by atoms with Crippen LogP contribution in [0, 0.1) is 12.3 Å². The molecule has 0 radical (unpaired) electrons. The van der Waals surface area contributed by atoms with E-state index in [1.807, 2.05) is 24.4 Å². The normalized spacial score (nSPS) is 10.0. The van der Waals surface area contributed by atoms with Crippen molar-refractivity contribution in [2.24, 2.45) is 5.73 Å². The van der Waals surface area contributed by atoms with Crippen LogP contribution in [0.25, 0.3) is 11.4 Å². The third-order valence-electron chi connectivity index (χ3n) is 2.22. The van der Waals surface area contributed by atoms with Crippen LogP contribution in [-0.2, 0) is 13.1 Å². The van der Waals surface area contributed by atoms with Gasteiger partial charge in [-0.1, -0.05) is 12.0 Å². The Hall–Kier alpha value is -2.12. The van der Waals surface area contributed by atoms with Gasteiger partial charge < -0.3 is 5.73 Å². The van der Waals surface area contributed by atoms with Gasteiger partial charge in [0, 0.05) is 24.5 Å². The van der Waals surface area contributed by atoms with Crippen molar-refractivity contribution in [3.05, 3.63) is 36.2 Å². The average Bonchev–Trinajstić information content (AvgIpc) is 2.74. The predicted molar refractivity (Wildman–Crippen MR) is 62.2 cm³/mol. The van der Waals surface area contributed by atoms with Crippen LogP contribution in [0.1, 0.15) is 5.56 Å². The Morgan fingerprint density at radius 1 is 1.44 bits per heavy atom. The zero-order chi connectivity index (χ0) is 11.4. The fraction of sp³-hybridized carbons (Fsp3) is 0.167. The summed E-state index contributed by atoms with van der Waals surface area (Å²) < 4.78 is 1.70. The maximum atomic E-state index is 5.66. The van der Waals surface area contributed by atoms with E-state index in [4.69, 9.17) is 12.2 Å². The maximum Gasteiger partial charge on any atom is 0.115 e. The van der Waals surface area contributed by atoms with Gasteiger partial charge in [-0.25, -0.2) is 0 Å². The van der Waals surface area contributed by atoms with Gasteiger partial charge in [-0.15, -0.1) is 6.42 Å². The summed E-state index contributed by atoms with van der Waals surface area (Å²) in [4.78, 5) is 4.25. The fourth-order valence-electron chi connectivity index (χ4n) is 1.51. The zero-order valence-electron chi connectivity index (χ0n) is 8.80. The lowest BCUT2D eigenvalue weighted by Crippen LogP contribution is -1.97. The first-order chi connectivity index (χ1) is 7.85. The van der Waals surface area contributed by atoms with Crippen LogP contribution < -0.4 is 5.73 Å². The molecule has 4 heteroatoms. The van der Waals surface area contributed by atoms with Gasteiger partial charge in [0.1, 0.15) is 12.2 Å². The summed E-state index contributed by atoms with van der Waals surface area (Å²) in [6.07, 6.45) is 8.84. The minimum atomic E-state index is 0.427. The molecular formula is C12H12N4. The smallest absolute Gasteiger partial charge is 0.115 e. The van der Waals surface area contributed by atoms with E-state index < -0.39 is 0 Å². The van der Waals surface area contributed by atoms with E-state index in [0.29, 0.717) is 13.1 Å². The molecular weight excluding hydrogens is 200 g/mol. The Kier molecular flexibility index (Phi) is 2.99. The summed E-state index contributed by atoms with van der Waals surface area (Å²) in [7, 11) is 0. The zero-order valence-corrected chi connectivity index (χ0v) is 8.80. The number of aromatic nitrogens is 3. The summed E-state index contributed by atoms with van der Waals surface area (Å²) in [5.41, 5.74) is 8.24. The van der Waals surface area contributed by atoms with E-state index in [0.717, 1.165) is 17.0 Å². The van der Waals surface area contributed by atoms with Crippen LogP contribution in [0.5, 0.6) is 0 Å². The Balaban J connectivity index is 2.44. The van der Waals surface area contributed by atoms with Crippen molar-refractivity contribution >= 4 is 0 Å². The molecule has 4 nitrogen and oxygen atoms in total. The molecule has 2 rings (SSSR count). The molecule has 0 saturated carbocycles. The topological polar surface area (TPSA) is 56.7 Å². The van der Waals surface area contributed by atoms with E-state index in [1.54, 1.807) is 10.9 Å². The molecule has 0 atom stereocenters. The predicted octanol–water partition coefficient (Wildman–Crippen LogP) is 1.04. The van der Waals surface area contributed by atoms with E-state index in [2.05, 4.69) is 16.0 Å². The van der Waals surface area contributed by atoms with E-state index in [1.165, 1.54) is 0 Å². The first-order valence-electron chi connectivity index (χ1n) is 4.96. The molecule has 0 fully saturated rings.